The summed E-state index contributed by atoms with van der Waals surface area (Å²) in [5.41, 5.74) is -2.42. The number of amides is 1. The van der Waals surface area contributed by atoms with Crippen LogP contribution >= 0.6 is 7.75 Å². The maximum Gasteiger partial charge on any atom is 0.459 e. The van der Waals surface area contributed by atoms with Gasteiger partial charge in [0.15, 0.2) is 11.9 Å². The molecule has 1 saturated heterocycles. The van der Waals surface area contributed by atoms with E-state index in [-0.39, 0.29) is 5.75 Å². The molecule has 1 aromatic rings. The molecule has 3 rings (SSSR count). The lowest BCUT2D eigenvalue weighted by Gasteiger charge is -2.37. The fraction of sp³-hybridized carbons (Fsp3) is 0.545. The second-order valence-corrected chi connectivity index (χ2v) is 10.5. The molecular formula is C22H31FN3O9P. The van der Waals surface area contributed by atoms with E-state index in [4.69, 9.17) is 18.5 Å². The molecule has 0 saturated carbocycles. The Morgan fingerprint density at radius 2 is 1.97 bits per heavy atom. The number of nitrogens with one attached hydrogen (secondary N) is 2. The summed E-state index contributed by atoms with van der Waals surface area (Å²) < 4.78 is 50.8. The van der Waals surface area contributed by atoms with Crippen LogP contribution < -0.4 is 14.9 Å². The number of hydrogen-bond donors (Lipinski definition) is 4. The molecule has 0 bridgehead atoms. The first-order chi connectivity index (χ1) is 16.8. The molecule has 2 unspecified atom stereocenters. The summed E-state index contributed by atoms with van der Waals surface area (Å²) in [4.78, 5) is 24.6. The lowest BCUT2D eigenvalue weighted by atomic mass is 9.98. The minimum Gasteiger partial charge on any atom is -0.462 e. The Kier molecular flexibility index (Phi) is 8.75. The fourth-order valence-corrected chi connectivity index (χ4v) is 5.07. The van der Waals surface area contributed by atoms with E-state index in [1.165, 1.54) is 19.1 Å². The molecule has 2 aliphatic heterocycles. The Hall–Kier alpha value is -2.54. The van der Waals surface area contributed by atoms with E-state index in [9.17, 15) is 24.4 Å². The number of aliphatic hydroxyl groups excluding tert-OH is 2. The van der Waals surface area contributed by atoms with Gasteiger partial charge >= 0.3 is 13.7 Å². The van der Waals surface area contributed by atoms with Crippen molar-refractivity contribution in [3.63, 3.8) is 0 Å². The third-order valence-corrected chi connectivity index (χ3v) is 7.02. The van der Waals surface area contributed by atoms with Gasteiger partial charge in [0.05, 0.1) is 12.7 Å². The van der Waals surface area contributed by atoms with Crippen molar-refractivity contribution in [2.24, 2.45) is 0 Å². The number of aliphatic hydroxyl groups is 2. The first kappa shape index (κ1) is 28.0. The molecular weight excluding hydrogens is 500 g/mol. The van der Waals surface area contributed by atoms with E-state index >= 15 is 4.39 Å². The second-order valence-electron chi connectivity index (χ2n) is 8.80. The van der Waals surface area contributed by atoms with Crippen molar-refractivity contribution in [3.05, 3.63) is 42.6 Å². The van der Waals surface area contributed by atoms with Gasteiger partial charge in [-0.25, -0.2) is 8.96 Å². The van der Waals surface area contributed by atoms with Crippen molar-refractivity contribution in [3.8, 4) is 5.75 Å². The minimum absolute atomic E-state index is 0.163. The van der Waals surface area contributed by atoms with Gasteiger partial charge in [0.2, 0.25) is 12.3 Å². The van der Waals surface area contributed by atoms with Crippen molar-refractivity contribution < 1.29 is 47.3 Å². The first-order valence-electron chi connectivity index (χ1n) is 11.3. The zero-order valence-electron chi connectivity index (χ0n) is 20.2. The molecule has 14 heteroatoms. The largest absolute Gasteiger partial charge is 0.462 e. The van der Waals surface area contributed by atoms with E-state index < -0.39 is 68.8 Å². The molecule has 2 aliphatic rings. The van der Waals surface area contributed by atoms with E-state index in [0.29, 0.717) is 0 Å². The highest BCUT2D eigenvalue weighted by atomic mass is 31.2. The number of carbonyl (C=O) groups excluding carboxylic acids is 2. The second kappa shape index (κ2) is 11.2. The molecule has 0 aliphatic carbocycles. The Morgan fingerprint density at radius 3 is 2.58 bits per heavy atom. The predicted molar refractivity (Wildman–Crippen MR) is 124 cm³/mol. The van der Waals surface area contributed by atoms with Gasteiger partial charge in [0.1, 0.15) is 24.0 Å². The Labute approximate surface area is 207 Å². The minimum atomic E-state index is -4.29. The van der Waals surface area contributed by atoms with Crippen molar-refractivity contribution in [2.75, 3.05) is 6.61 Å². The number of esters is 1. The highest BCUT2D eigenvalue weighted by molar-refractivity contribution is 7.52. The first-order valence-corrected chi connectivity index (χ1v) is 12.8. The topological polar surface area (TPSA) is 156 Å². The summed E-state index contributed by atoms with van der Waals surface area (Å²) in [7, 11) is -4.29. The smallest absolute Gasteiger partial charge is 0.459 e. The number of nitrogens with zero attached hydrogens (tertiary/aromatic N) is 1. The fourth-order valence-electron chi connectivity index (χ4n) is 3.57. The van der Waals surface area contributed by atoms with Crippen LogP contribution in [0.5, 0.6) is 5.75 Å². The third kappa shape index (κ3) is 6.61. The Morgan fingerprint density at radius 1 is 1.31 bits per heavy atom. The van der Waals surface area contributed by atoms with E-state index in [2.05, 4.69) is 10.4 Å². The van der Waals surface area contributed by atoms with Gasteiger partial charge in [0.25, 0.3) is 0 Å². The average molecular weight is 531 g/mol. The molecule has 1 amide bonds. The van der Waals surface area contributed by atoms with Gasteiger partial charge in [-0.05, 0) is 39.8 Å². The van der Waals surface area contributed by atoms with Crippen LogP contribution in [0, 0.1) is 0 Å². The number of carbonyl (C=O) groups is 2. The standard InChI is InChI=1S/C22H31FN3O9P/c1-13(2)33-19(29)14(3)25-36(31,35-15-8-6-5-7-9-15)32-12-16-18(28)22(4,23)20(34-16)26-11-10-17(27)24-21(26)30/h5-11,13-14,16,18,20-21,28,30H,12H2,1-4H3,(H,24,27)(H,25,31)/t14-,16+,18+,20+,21?,22+,36?/m0/s1. The van der Waals surface area contributed by atoms with Crippen LogP contribution in [0.4, 0.5) is 4.39 Å². The summed E-state index contributed by atoms with van der Waals surface area (Å²) in [5, 5.41) is 25.4. The molecule has 1 aromatic carbocycles. The molecule has 200 valence electrons. The molecule has 36 heavy (non-hydrogen) atoms. The predicted octanol–water partition coefficient (Wildman–Crippen LogP) is 1.16. The highest BCUT2D eigenvalue weighted by Crippen LogP contribution is 2.46. The maximum atomic E-state index is 15.5. The number of hydrogen-bond acceptors (Lipinski definition) is 10. The van der Waals surface area contributed by atoms with Crippen molar-refractivity contribution in [1.29, 1.82) is 0 Å². The van der Waals surface area contributed by atoms with Crippen LogP contribution in [0.1, 0.15) is 27.7 Å². The van der Waals surface area contributed by atoms with Crippen molar-refractivity contribution in [1.82, 2.24) is 15.3 Å². The Balaban J connectivity index is 1.75. The summed E-state index contributed by atoms with van der Waals surface area (Å²) in [6, 6.07) is 6.91. The normalized spacial score (nSPS) is 30.6. The summed E-state index contributed by atoms with van der Waals surface area (Å²) in [6.45, 7) is 5.17. The van der Waals surface area contributed by atoms with Crippen LogP contribution in [0.2, 0.25) is 0 Å². The van der Waals surface area contributed by atoms with E-state index in [0.717, 1.165) is 24.1 Å². The van der Waals surface area contributed by atoms with Gasteiger partial charge in [0, 0.05) is 12.3 Å². The lowest BCUT2D eigenvalue weighted by Crippen LogP contribution is -2.58. The highest BCUT2D eigenvalue weighted by Gasteiger charge is 2.57. The molecule has 4 N–H and O–H groups in total. The van der Waals surface area contributed by atoms with E-state index in [1.807, 2.05) is 0 Å². The summed E-state index contributed by atoms with van der Waals surface area (Å²) in [6.07, 6.45) is -4.46. The monoisotopic (exact) mass is 531 g/mol. The molecule has 7 atom stereocenters. The SMILES string of the molecule is CC(C)OC(=O)[C@H](C)NP(=O)(OC[C@H]1O[C@@H](N2C=CC(=O)NC2O)[C@](C)(F)[C@@H]1O)Oc1ccccc1. The van der Waals surface area contributed by atoms with Crippen LogP contribution in [-0.4, -0.2) is 76.2 Å². The molecule has 2 heterocycles. The zero-order valence-corrected chi connectivity index (χ0v) is 21.1. The quantitative estimate of drug-likeness (QED) is 0.254. The van der Waals surface area contributed by atoms with Crippen molar-refractivity contribution >= 4 is 19.6 Å². The van der Waals surface area contributed by atoms with Gasteiger partial charge in [-0.2, -0.15) is 5.09 Å². The van der Waals surface area contributed by atoms with E-state index in [1.54, 1.807) is 32.0 Å². The molecule has 0 spiro atoms. The average Bonchev–Trinajstić information content (AvgIpc) is 3.01. The van der Waals surface area contributed by atoms with Gasteiger partial charge in [-0.15, -0.1) is 0 Å². The van der Waals surface area contributed by atoms with Crippen LogP contribution in [-0.2, 0) is 28.2 Å². The van der Waals surface area contributed by atoms with Gasteiger partial charge in [-0.1, -0.05) is 18.2 Å². The summed E-state index contributed by atoms with van der Waals surface area (Å²) in [5.74, 6) is -1.13. The van der Waals surface area contributed by atoms with Crippen LogP contribution in [0.25, 0.3) is 0 Å². The number of rotatable bonds is 10. The van der Waals surface area contributed by atoms with Crippen LogP contribution in [0.3, 0.4) is 0 Å². The maximum absolute atomic E-state index is 15.5. The van der Waals surface area contributed by atoms with Gasteiger partial charge in [-0.3, -0.25) is 14.1 Å². The number of ether oxygens (including phenoxy) is 2. The molecule has 12 nitrogen and oxygen atoms in total. The van der Waals surface area contributed by atoms with Crippen molar-refractivity contribution in [2.45, 2.75) is 70.3 Å². The molecule has 0 radical (unpaired) electrons. The lowest BCUT2D eigenvalue weighted by molar-refractivity contribution is -0.158. The Bertz CT molecular complexity index is 1010. The number of alkyl halides is 1. The number of para-hydroxylation sites is 1. The van der Waals surface area contributed by atoms with Crippen LogP contribution in [0.15, 0.2) is 42.6 Å². The summed E-state index contributed by atoms with van der Waals surface area (Å²) >= 11 is 0. The number of halogens is 1. The number of benzene rings is 1. The third-order valence-electron chi connectivity index (χ3n) is 5.37. The molecule has 1 fully saturated rings. The van der Waals surface area contributed by atoms with Gasteiger partial charge < -0.3 is 34.4 Å². The molecule has 0 aromatic heterocycles. The zero-order chi connectivity index (χ0) is 26.7.